The SMILES string of the molecule is Cc1cccc(NC(=O)[C@@H](C)Oc2cccc(Br)c2)n1. The van der Waals surface area contributed by atoms with Crippen molar-refractivity contribution in [1.29, 1.82) is 0 Å². The lowest BCUT2D eigenvalue weighted by Crippen LogP contribution is -2.30. The maximum atomic E-state index is 12.0. The van der Waals surface area contributed by atoms with Gasteiger partial charge in [0.15, 0.2) is 6.10 Å². The molecular weight excluding hydrogens is 320 g/mol. The highest BCUT2D eigenvalue weighted by Gasteiger charge is 2.15. The van der Waals surface area contributed by atoms with E-state index in [1.165, 1.54) is 0 Å². The number of anilines is 1. The van der Waals surface area contributed by atoms with Crippen LogP contribution in [0.25, 0.3) is 0 Å². The zero-order valence-corrected chi connectivity index (χ0v) is 12.8. The van der Waals surface area contributed by atoms with Gasteiger partial charge in [-0.25, -0.2) is 4.98 Å². The highest BCUT2D eigenvalue weighted by atomic mass is 79.9. The van der Waals surface area contributed by atoms with E-state index < -0.39 is 6.10 Å². The predicted octanol–water partition coefficient (Wildman–Crippen LogP) is 3.56. The second-order valence-corrected chi connectivity index (χ2v) is 5.29. The average Bonchev–Trinajstić information content (AvgIpc) is 2.38. The van der Waals surface area contributed by atoms with Crippen molar-refractivity contribution in [2.75, 3.05) is 5.32 Å². The van der Waals surface area contributed by atoms with E-state index in [1.54, 1.807) is 19.1 Å². The third-order valence-corrected chi connectivity index (χ3v) is 3.11. The number of rotatable bonds is 4. The standard InChI is InChI=1S/C15H15BrN2O2/c1-10-5-3-8-14(17-10)18-15(19)11(2)20-13-7-4-6-12(16)9-13/h3-9,11H,1-2H3,(H,17,18,19)/t11-/m1/s1. The van der Waals surface area contributed by atoms with E-state index in [0.29, 0.717) is 11.6 Å². The molecule has 0 radical (unpaired) electrons. The maximum absolute atomic E-state index is 12.0. The zero-order chi connectivity index (χ0) is 14.5. The molecule has 0 bridgehead atoms. The van der Waals surface area contributed by atoms with Gasteiger partial charge in [0, 0.05) is 10.2 Å². The third-order valence-electron chi connectivity index (χ3n) is 2.62. The number of aromatic nitrogens is 1. The smallest absolute Gasteiger partial charge is 0.266 e. The molecule has 0 saturated carbocycles. The normalized spacial score (nSPS) is 11.8. The molecule has 0 aliphatic carbocycles. The first-order valence-electron chi connectivity index (χ1n) is 6.21. The molecule has 1 amide bonds. The molecule has 0 unspecified atom stereocenters. The van der Waals surface area contributed by atoms with Crippen LogP contribution >= 0.6 is 15.9 Å². The van der Waals surface area contributed by atoms with Crippen LogP contribution < -0.4 is 10.1 Å². The van der Waals surface area contributed by atoms with Crippen LogP contribution in [0.4, 0.5) is 5.82 Å². The summed E-state index contributed by atoms with van der Waals surface area (Å²) in [6.45, 7) is 3.57. The molecular formula is C15H15BrN2O2. The van der Waals surface area contributed by atoms with Gasteiger partial charge in [0.2, 0.25) is 0 Å². The number of carbonyl (C=O) groups excluding carboxylic acids is 1. The predicted molar refractivity (Wildman–Crippen MR) is 81.8 cm³/mol. The summed E-state index contributed by atoms with van der Waals surface area (Å²) in [5, 5.41) is 2.73. The van der Waals surface area contributed by atoms with Crippen molar-refractivity contribution in [2.45, 2.75) is 20.0 Å². The molecule has 0 fully saturated rings. The molecule has 1 aromatic carbocycles. The van der Waals surface area contributed by atoms with Crippen LogP contribution in [0.15, 0.2) is 46.9 Å². The molecule has 104 valence electrons. The highest BCUT2D eigenvalue weighted by Crippen LogP contribution is 2.19. The van der Waals surface area contributed by atoms with Gasteiger partial charge in [0.1, 0.15) is 11.6 Å². The molecule has 0 aliphatic rings. The Morgan fingerprint density at radius 1 is 1.30 bits per heavy atom. The number of nitrogens with zero attached hydrogens (tertiary/aromatic N) is 1. The van der Waals surface area contributed by atoms with Gasteiger partial charge >= 0.3 is 0 Å². The molecule has 20 heavy (non-hydrogen) atoms. The van der Waals surface area contributed by atoms with E-state index in [9.17, 15) is 4.79 Å². The monoisotopic (exact) mass is 334 g/mol. The van der Waals surface area contributed by atoms with Crippen molar-refractivity contribution in [3.63, 3.8) is 0 Å². The van der Waals surface area contributed by atoms with Crippen LogP contribution in [0.1, 0.15) is 12.6 Å². The van der Waals surface area contributed by atoms with Crippen molar-refractivity contribution in [3.05, 3.63) is 52.6 Å². The maximum Gasteiger partial charge on any atom is 0.266 e. The summed E-state index contributed by atoms with van der Waals surface area (Å²) in [5.41, 5.74) is 0.850. The minimum absolute atomic E-state index is 0.233. The van der Waals surface area contributed by atoms with Crippen molar-refractivity contribution in [3.8, 4) is 5.75 Å². The second-order valence-electron chi connectivity index (χ2n) is 4.37. The van der Waals surface area contributed by atoms with Crippen molar-refractivity contribution < 1.29 is 9.53 Å². The Hall–Kier alpha value is -1.88. The minimum atomic E-state index is -0.605. The minimum Gasteiger partial charge on any atom is -0.481 e. The Kier molecular flexibility index (Phi) is 4.74. The fraction of sp³-hybridized carbons (Fsp3) is 0.200. The Bertz CT molecular complexity index is 616. The first-order valence-corrected chi connectivity index (χ1v) is 7.00. The van der Waals surface area contributed by atoms with Gasteiger partial charge in [0.05, 0.1) is 0 Å². The number of pyridine rings is 1. The molecule has 4 nitrogen and oxygen atoms in total. The van der Waals surface area contributed by atoms with Crippen LogP contribution in [-0.2, 0) is 4.79 Å². The van der Waals surface area contributed by atoms with Gasteiger partial charge in [0.25, 0.3) is 5.91 Å². The molecule has 0 spiro atoms. The number of aryl methyl sites for hydroxylation is 1. The Morgan fingerprint density at radius 2 is 2.05 bits per heavy atom. The first kappa shape index (κ1) is 14.5. The van der Waals surface area contributed by atoms with Crippen LogP contribution in [0.3, 0.4) is 0 Å². The van der Waals surface area contributed by atoms with E-state index >= 15 is 0 Å². The second kappa shape index (κ2) is 6.52. The number of benzene rings is 1. The highest BCUT2D eigenvalue weighted by molar-refractivity contribution is 9.10. The Labute approximate surface area is 126 Å². The van der Waals surface area contributed by atoms with Crippen molar-refractivity contribution in [1.82, 2.24) is 4.98 Å². The van der Waals surface area contributed by atoms with Crippen LogP contribution in [0.2, 0.25) is 0 Å². The summed E-state index contributed by atoms with van der Waals surface area (Å²) in [6.07, 6.45) is -0.605. The van der Waals surface area contributed by atoms with Crippen LogP contribution in [-0.4, -0.2) is 17.0 Å². The lowest BCUT2D eigenvalue weighted by Gasteiger charge is -2.14. The lowest BCUT2D eigenvalue weighted by atomic mass is 10.3. The third kappa shape index (κ3) is 4.06. The van der Waals surface area contributed by atoms with Crippen molar-refractivity contribution >= 4 is 27.7 Å². The summed E-state index contributed by atoms with van der Waals surface area (Å²) in [4.78, 5) is 16.2. The molecule has 1 heterocycles. The van der Waals surface area contributed by atoms with Gasteiger partial charge in [-0.3, -0.25) is 4.79 Å². The van der Waals surface area contributed by atoms with Gasteiger partial charge in [-0.05, 0) is 44.2 Å². The molecule has 0 saturated heterocycles. The number of hydrogen-bond donors (Lipinski definition) is 1. The summed E-state index contributed by atoms with van der Waals surface area (Å²) < 4.78 is 6.50. The molecule has 1 atom stereocenters. The topological polar surface area (TPSA) is 51.2 Å². The number of carbonyl (C=O) groups is 1. The van der Waals surface area contributed by atoms with E-state index in [0.717, 1.165) is 10.2 Å². The average molecular weight is 335 g/mol. The fourth-order valence-corrected chi connectivity index (χ4v) is 2.02. The largest absolute Gasteiger partial charge is 0.481 e. The lowest BCUT2D eigenvalue weighted by molar-refractivity contribution is -0.122. The summed E-state index contributed by atoms with van der Waals surface area (Å²) >= 11 is 3.36. The quantitative estimate of drug-likeness (QED) is 0.929. The summed E-state index contributed by atoms with van der Waals surface area (Å²) in [5.74, 6) is 0.932. The van der Waals surface area contributed by atoms with E-state index in [2.05, 4.69) is 26.2 Å². The van der Waals surface area contributed by atoms with Gasteiger partial charge in [-0.15, -0.1) is 0 Å². The molecule has 2 rings (SSSR count). The molecule has 0 aliphatic heterocycles. The number of nitrogens with one attached hydrogen (secondary N) is 1. The number of hydrogen-bond acceptors (Lipinski definition) is 3. The van der Waals surface area contributed by atoms with Crippen LogP contribution in [0.5, 0.6) is 5.75 Å². The number of ether oxygens (including phenoxy) is 1. The van der Waals surface area contributed by atoms with Crippen molar-refractivity contribution in [2.24, 2.45) is 0 Å². The van der Waals surface area contributed by atoms with Gasteiger partial charge in [-0.1, -0.05) is 28.1 Å². The molecule has 2 aromatic rings. The van der Waals surface area contributed by atoms with E-state index in [-0.39, 0.29) is 5.91 Å². The van der Waals surface area contributed by atoms with Gasteiger partial charge in [-0.2, -0.15) is 0 Å². The molecule has 1 aromatic heterocycles. The molecule has 1 N–H and O–H groups in total. The summed E-state index contributed by atoms with van der Waals surface area (Å²) in [6, 6.07) is 12.8. The zero-order valence-electron chi connectivity index (χ0n) is 11.3. The number of amides is 1. The van der Waals surface area contributed by atoms with E-state index in [4.69, 9.17) is 4.74 Å². The first-order chi connectivity index (χ1) is 9.54. The summed E-state index contributed by atoms with van der Waals surface area (Å²) in [7, 11) is 0. The fourth-order valence-electron chi connectivity index (χ4n) is 1.64. The Balaban J connectivity index is 1.98. The van der Waals surface area contributed by atoms with Crippen LogP contribution in [0, 0.1) is 6.92 Å². The van der Waals surface area contributed by atoms with E-state index in [1.807, 2.05) is 37.3 Å². The number of halogens is 1. The molecule has 5 heteroatoms. The Morgan fingerprint density at radius 3 is 2.75 bits per heavy atom. The van der Waals surface area contributed by atoms with Gasteiger partial charge < -0.3 is 10.1 Å².